The molecule has 0 heterocycles. The lowest BCUT2D eigenvalue weighted by Gasteiger charge is -2.19. The Kier molecular flexibility index (Phi) is 6.38. The van der Waals surface area contributed by atoms with Gasteiger partial charge in [-0.15, -0.1) is 0 Å². The van der Waals surface area contributed by atoms with E-state index in [0.29, 0.717) is 0 Å². The van der Waals surface area contributed by atoms with Crippen molar-refractivity contribution >= 4 is 0 Å². The Labute approximate surface area is 117 Å². The summed E-state index contributed by atoms with van der Waals surface area (Å²) in [6.07, 6.45) is 7.94. The first-order valence-electron chi connectivity index (χ1n) is 7.80. The first kappa shape index (κ1) is 14.5. The van der Waals surface area contributed by atoms with Crippen LogP contribution in [0, 0.1) is 0 Å². The standard InChI is InChI=1S/C17H27NO/c1-2-3-4-8-13-19-17(14-18-16-11-12-16)15-9-6-5-7-10-15/h5-7,9-10,16-18H,2-4,8,11-14H2,1H3. The van der Waals surface area contributed by atoms with Gasteiger partial charge in [-0.3, -0.25) is 0 Å². The number of rotatable bonds is 10. The molecular formula is C17H27NO. The highest BCUT2D eigenvalue weighted by Gasteiger charge is 2.22. The minimum absolute atomic E-state index is 0.212. The normalized spacial score (nSPS) is 16.5. The van der Waals surface area contributed by atoms with Gasteiger partial charge in [-0.05, 0) is 24.8 Å². The molecule has 2 nitrogen and oxygen atoms in total. The van der Waals surface area contributed by atoms with E-state index in [1.54, 1.807) is 0 Å². The van der Waals surface area contributed by atoms with Gasteiger partial charge in [0.25, 0.3) is 0 Å². The van der Waals surface area contributed by atoms with Crippen molar-refractivity contribution in [1.29, 1.82) is 0 Å². The molecule has 19 heavy (non-hydrogen) atoms. The van der Waals surface area contributed by atoms with E-state index in [4.69, 9.17) is 4.74 Å². The van der Waals surface area contributed by atoms with Gasteiger partial charge >= 0.3 is 0 Å². The predicted octanol–water partition coefficient (Wildman–Crippen LogP) is 4.08. The summed E-state index contributed by atoms with van der Waals surface area (Å²) in [6, 6.07) is 11.3. The monoisotopic (exact) mass is 261 g/mol. The van der Waals surface area contributed by atoms with Crippen molar-refractivity contribution in [2.24, 2.45) is 0 Å². The number of ether oxygens (including phenoxy) is 1. The molecule has 1 saturated carbocycles. The van der Waals surface area contributed by atoms with Crippen LogP contribution in [-0.4, -0.2) is 19.2 Å². The summed E-state index contributed by atoms with van der Waals surface area (Å²) >= 11 is 0. The summed E-state index contributed by atoms with van der Waals surface area (Å²) in [5, 5.41) is 3.58. The van der Waals surface area contributed by atoms with Crippen LogP contribution in [0.25, 0.3) is 0 Å². The molecule has 0 aliphatic heterocycles. The van der Waals surface area contributed by atoms with Gasteiger partial charge in [0.15, 0.2) is 0 Å². The Hall–Kier alpha value is -0.860. The number of hydrogen-bond donors (Lipinski definition) is 1. The minimum atomic E-state index is 0.212. The molecule has 1 aromatic rings. The Bertz CT molecular complexity index is 334. The molecule has 2 rings (SSSR count). The SMILES string of the molecule is CCCCCCOC(CNC1CC1)c1ccccc1. The Morgan fingerprint density at radius 2 is 1.95 bits per heavy atom. The third-order valence-corrected chi connectivity index (χ3v) is 3.66. The van der Waals surface area contributed by atoms with Gasteiger partial charge in [0.05, 0.1) is 6.10 Å². The third kappa shape index (κ3) is 5.75. The third-order valence-electron chi connectivity index (χ3n) is 3.66. The maximum absolute atomic E-state index is 6.09. The van der Waals surface area contributed by atoms with Crippen LogP contribution in [0.2, 0.25) is 0 Å². The first-order valence-corrected chi connectivity index (χ1v) is 7.80. The molecule has 1 N–H and O–H groups in total. The maximum atomic E-state index is 6.09. The van der Waals surface area contributed by atoms with Gasteiger partial charge < -0.3 is 10.1 Å². The lowest BCUT2D eigenvalue weighted by atomic mass is 10.1. The van der Waals surface area contributed by atoms with Crippen molar-refractivity contribution in [1.82, 2.24) is 5.32 Å². The van der Waals surface area contributed by atoms with Crippen LogP contribution in [0.5, 0.6) is 0 Å². The second kappa shape index (κ2) is 8.34. The van der Waals surface area contributed by atoms with Gasteiger partial charge in [-0.1, -0.05) is 56.5 Å². The van der Waals surface area contributed by atoms with E-state index in [9.17, 15) is 0 Å². The van der Waals surface area contributed by atoms with Gasteiger partial charge in [-0.2, -0.15) is 0 Å². The van der Waals surface area contributed by atoms with Crippen molar-refractivity contribution in [3.63, 3.8) is 0 Å². The van der Waals surface area contributed by atoms with Crippen LogP contribution in [0.1, 0.15) is 57.1 Å². The number of benzene rings is 1. The van der Waals surface area contributed by atoms with E-state index >= 15 is 0 Å². The first-order chi connectivity index (χ1) is 9.40. The van der Waals surface area contributed by atoms with Crippen LogP contribution in [0.15, 0.2) is 30.3 Å². The molecule has 0 bridgehead atoms. The van der Waals surface area contributed by atoms with Gasteiger partial charge in [0.2, 0.25) is 0 Å². The molecule has 0 spiro atoms. The van der Waals surface area contributed by atoms with E-state index in [1.165, 1.54) is 44.1 Å². The fraction of sp³-hybridized carbons (Fsp3) is 0.647. The molecule has 1 aromatic carbocycles. The molecule has 0 radical (unpaired) electrons. The minimum Gasteiger partial charge on any atom is -0.372 e. The summed E-state index contributed by atoms with van der Waals surface area (Å²) in [5.41, 5.74) is 1.30. The molecule has 1 aliphatic rings. The van der Waals surface area contributed by atoms with Crippen molar-refractivity contribution in [3.8, 4) is 0 Å². The number of hydrogen-bond acceptors (Lipinski definition) is 2. The lowest BCUT2D eigenvalue weighted by molar-refractivity contribution is 0.0496. The molecule has 0 saturated heterocycles. The Balaban J connectivity index is 1.76. The summed E-state index contributed by atoms with van der Waals surface area (Å²) in [6.45, 7) is 4.07. The van der Waals surface area contributed by atoms with Gasteiger partial charge in [0, 0.05) is 19.2 Å². The Morgan fingerprint density at radius 3 is 2.63 bits per heavy atom. The summed E-state index contributed by atoms with van der Waals surface area (Å²) in [5.74, 6) is 0. The molecular weight excluding hydrogens is 234 g/mol. The van der Waals surface area contributed by atoms with E-state index in [1.807, 2.05) is 0 Å². The lowest BCUT2D eigenvalue weighted by Crippen LogP contribution is -2.25. The largest absolute Gasteiger partial charge is 0.372 e. The number of unbranched alkanes of at least 4 members (excludes halogenated alkanes) is 3. The van der Waals surface area contributed by atoms with Crippen molar-refractivity contribution in [2.75, 3.05) is 13.2 Å². The van der Waals surface area contributed by atoms with Gasteiger partial charge in [-0.25, -0.2) is 0 Å². The van der Waals surface area contributed by atoms with Crippen LogP contribution in [0.3, 0.4) is 0 Å². The Morgan fingerprint density at radius 1 is 1.16 bits per heavy atom. The van der Waals surface area contributed by atoms with Crippen LogP contribution in [0.4, 0.5) is 0 Å². The van der Waals surface area contributed by atoms with E-state index < -0.39 is 0 Å². The van der Waals surface area contributed by atoms with Crippen molar-refractivity contribution in [3.05, 3.63) is 35.9 Å². The zero-order chi connectivity index (χ0) is 13.3. The second-order valence-corrected chi connectivity index (χ2v) is 5.51. The zero-order valence-electron chi connectivity index (χ0n) is 12.1. The summed E-state index contributed by atoms with van der Waals surface area (Å²) < 4.78 is 6.09. The molecule has 1 aliphatic carbocycles. The molecule has 0 amide bonds. The summed E-state index contributed by atoms with van der Waals surface area (Å²) in [7, 11) is 0. The van der Waals surface area contributed by atoms with E-state index in [2.05, 4.69) is 42.6 Å². The topological polar surface area (TPSA) is 21.3 Å². The average Bonchev–Trinajstić information content (AvgIpc) is 3.27. The zero-order valence-corrected chi connectivity index (χ0v) is 12.1. The molecule has 2 heteroatoms. The quantitative estimate of drug-likeness (QED) is 0.641. The highest BCUT2D eigenvalue weighted by atomic mass is 16.5. The average molecular weight is 261 g/mol. The highest BCUT2D eigenvalue weighted by molar-refractivity contribution is 5.18. The smallest absolute Gasteiger partial charge is 0.0949 e. The molecule has 106 valence electrons. The van der Waals surface area contributed by atoms with Crippen LogP contribution >= 0.6 is 0 Å². The van der Waals surface area contributed by atoms with Crippen molar-refractivity contribution in [2.45, 2.75) is 57.6 Å². The second-order valence-electron chi connectivity index (χ2n) is 5.51. The summed E-state index contributed by atoms with van der Waals surface area (Å²) in [4.78, 5) is 0. The fourth-order valence-corrected chi connectivity index (χ4v) is 2.26. The van der Waals surface area contributed by atoms with E-state index in [0.717, 1.165) is 19.2 Å². The molecule has 1 atom stereocenters. The predicted molar refractivity (Wildman–Crippen MR) is 80.3 cm³/mol. The van der Waals surface area contributed by atoms with Crippen molar-refractivity contribution < 1.29 is 4.74 Å². The fourth-order valence-electron chi connectivity index (χ4n) is 2.26. The molecule has 0 aromatic heterocycles. The van der Waals surface area contributed by atoms with Crippen LogP contribution < -0.4 is 5.32 Å². The maximum Gasteiger partial charge on any atom is 0.0949 e. The molecule has 1 unspecified atom stereocenters. The highest BCUT2D eigenvalue weighted by Crippen LogP contribution is 2.22. The number of nitrogens with one attached hydrogen (secondary N) is 1. The van der Waals surface area contributed by atoms with E-state index in [-0.39, 0.29) is 6.10 Å². The van der Waals surface area contributed by atoms with Gasteiger partial charge in [0.1, 0.15) is 0 Å². The molecule has 1 fully saturated rings. The van der Waals surface area contributed by atoms with Crippen LogP contribution in [-0.2, 0) is 4.74 Å².